The highest BCUT2D eigenvalue weighted by Crippen LogP contribution is 2.14. The molecular formula is C23H31N7O3. The van der Waals surface area contributed by atoms with Gasteiger partial charge in [0.25, 0.3) is 5.91 Å². The summed E-state index contributed by atoms with van der Waals surface area (Å²) in [6.45, 7) is 6.93. The molecule has 176 valence electrons. The minimum Gasteiger partial charge on any atom is -0.369 e. The monoisotopic (exact) mass is 453 g/mol. The molecule has 0 unspecified atom stereocenters. The molecule has 2 rings (SSSR count). The molecule has 0 fully saturated rings. The minimum atomic E-state index is -0.390. The van der Waals surface area contributed by atoms with Crippen LogP contribution in [0, 0.1) is 0 Å². The first-order valence-corrected chi connectivity index (χ1v) is 11.0. The zero-order chi connectivity index (χ0) is 23.9. The maximum atomic E-state index is 12.6. The highest BCUT2D eigenvalue weighted by molar-refractivity contribution is 5.98. The van der Waals surface area contributed by atoms with Crippen molar-refractivity contribution in [1.29, 1.82) is 0 Å². The maximum absolute atomic E-state index is 12.6. The topological polar surface area (TPSA) is 138 Å². The lowest BCUT2D eigenvalue weighted by atomic mass is 10.2. The zero-order valence-electron chi connectivity index (χ0n) is 18.9. The highest BCUT2D eigenvalue weighted by atomic mass is 16.2. The molecule has 0 aliphatic rings. The van der Waals surface area contributed by atoms with E-state index in [0.29, 0.717) is 43.4 Å². The van der Waals surface area contributed by atoms with E-state index in [4.69, 9.17) is 0 Å². The van der Waals surface area contributed by atoms with Gasteiger partial charge in [-0.05, 0) is 43.0 Å². The molecule has 2 heterocycles. The molecule has 0 aliphatic heterocycles. The molecule has 0 aromatic carbocycles. The van der Waals surface area contributed by atoms with Crippen molar-refractivity contribution in [3.63, 3.8) is 0 Å². The van der Waals surface area contributed by atoms with Gasteiger partial charge in [0.15, 0.2) is 5.78 Å². The van der Waals surface area contributed by atoms with Gasteiger partial charge in [-0.1, -0.05) is 13.5 Å². The number of nitrogens with zero attached hydrogens (tertiary/aromatic N) is 3. The van der Waals surface area contributed by atoms with E-state index in [2.05, 4.69) is 42.8 Å². The van der Waals surface area contributed by atoms with E-state index in [1.165, 1.54) is 6.20 Å². The lowest BCUT2D eigenvalue weighted by molar-refractivity contribution is -0.122. The lowest BCUT2D eigenvalue weighted by Crippen LogP contribution is -2.29. The molecule has 0 saturated heterocycles. The van der Waals surface area contributed by atoms with E-state index >= 15 is 0 Å². The fourth-order valence-corrected chi connectivity index (χ4v) is 2.81. The quantitative estimate of drug-likeness (QED) is 0.236. The number of aromatic nitrogens is 3. The molecule has 2 aromatic rings. The van der Waals surface area contributed by atoms with Gasteiger partial charge in [0, 0.05) is 44.6 Å². The first-order valence-electron chi connectivity index (χ1n) is 11.0. The third-order valence-corrected chi connectivity index (χ3v) is 4.59. The number of Topliss-reactive ketones (excluding diaryl/α,β-unsaturated/α-hetero) is 1. The first kappa shape index (κ1) is 25.4. The predicted octanol–water partition coefficient (Wildman–Crippen LogP) is 1.73. The van der Waals surface area contributed by atoms with Gasteiger partial charge in [0.05, 0.1) is 6.54 Å². The summed E-state index contributed by atoms with van der Waals surface area (Å²) in [5.41, 5.74) is 1.49. The second-order valence-electron chi connectivity index (χ2n) is 7.23. The number of hydrogen-bond donors (Lipinski definition) is 4. The fraction of sp³-hybridized carbons (Fsp3) is 0.391. The summed E-state index contributed by atoms with van der Waals surface area (Å²) < 4.78 is 0. The Morgan fingerprint density at radius 3 is 2.58 bits per heavy atom. The van der Waals surface area contributed by atoms with Gasteiger partial charge in [0.2, 0.25) is 11.9 Å². The summed E-state index contributed by atoms with van der Waals surface area (Å²) in [5, 5.41) is 11.6. The number of amides is 2. The second kappa shape index (κ2) is 14.3. The molecule has 4 N–H and O–H groups in total. The predicted molar refractivity (Wildman–Crippen MR) is 127 cm³/mol. The highest BCUT2D eigenvalue weighted by Gasteiger charge is 2.14. The van der Waals surface area contributed by atoms with E-state index in [9.17, 15) is 14.4 Å². The molecule has 0 aliphatic carbocycles. The van der Waals surface area contributed by atoms with E-state index < -0.39 is 0 Å². The van der Waals surface area contributed by atoms with Gasteiger partial charge in [-0.2, -0.15) is 4.98 Å². The van der Waals surface area contributed by atoms with Gasteiger partial charge in [-0.15, -0.1) is 0 Å². The average Bonchev–Trinajstić information content (AvgIpc) is 2.84. The second-order valence-corrected chi connectivity index (χ2v) is 7.23. The normalized spacial score (nSPS) is 10.2. The SMILES string of the molecule is C=CC(=O)NCC(=O)CCCNC(=O)c1cnc(NCCc2ccncc2)nc1NCCC. The summed E-state index contributed by atoms with van der Waals surface area (Å²) in [6.07, 6.45) is 8.48. The van der Waals surface area contributed by atoms with Crippen molar-refractivity contribution in [1.82, 2.24) is 25.6 Å². The van der Waals surface area contributed by atoms with Crippen LogP contribution in [0.2, 0.25) is 0 Å². The Balaban J connectivity index is 1.85. The van der Waals surface area contributed by atoms with Crippen LogP contribution in [0.3, 0.4) is 0 Å². The molecule has 0 radical (unpaired) electrons. The Kier molecular flexibility index (Phi) is 11.0. The summed E-state index contributed by atoms with van der Waals surface area (Å²) in [5.74, 6) is 0.0732. The number of ketones is 1. The minimum absolute atomic E-state index is 0.0483. The Labute approximate surface area is 193 Å². The number of carbonyl (C=O) groups excluding carboxylic acids is 3. The lowest BCUT2D eigenvalue weighted by Gasteiger charge is -2.13. The van der Waals surface area contributed by atoms with Crippen LogP contribution >= 0.6 is 0 Å². The molecule has 10 nitrogen and oxygen atoms in total. The Morgan fingerprint density at radius 2 is 1.85 bits per heavy atom. The number of hydrogen-bond acceptors (Lipinski definition) is 8. The molecule has 10 heteroatoms. The van der Waals surface area contributed by atoms with Gasteiger partial charge >= 0.3 is 0 Å². The van der Waals surface area contributed by atoms with Crippen molar-refractivity contribution in [3.05, 3.63) is 54.5 Å². The number of nitrogens with one attached hydrogen (secondary N) is 4. The van der Waals surface area contributed by atoms with Crippen LogP contribution in [0.5, 0.6) is 0 Å². The molecule has 0 atom stereocenters. The van der Waals surface area contributed by atoms with E-state index in [1.807, 2.05) is 19.1 Å². The van der Waals surface area contributed by atoms with Crippen LogP contribution in [-0.4, -0.2) is 58.7 Å². The van der Waals surface area contributed by atoms with Crippen LogP contribution in [0.1, 0.15) is 42.1 Å². The van der Waals surface area contributed by atoms with Crippen LogP contribution in [-0.2, 0) is 16.0 Å². The van der Waals surface area contributed by atoms with Crippen LogP contribution < -0.4 is 21.3 Å². The Bertz CT molecular complexity index is 935. The fourth-order valence-electron chi connectivity index (χ4n) is 2.81. The molecule has 0 saturated carbocycles. The van der Waals surface area contributed by atoms with E-state index in [1.54, 1.807) is 12.4 Å². The molecule has 0 spiro atoms. The van der Waals surface area contributed by atoms with Gasteiger partial charge < -0.3 is 21.3 Å². The van der Waals surface area contributed by atoms with E-state index in [-0.39, 0.29) is 30.6 Å². The summed E-state index contributed by atoms with van der Waals surface area (Å²) >= 11 is 0. The number of anilines is 2. The van der Waals surface area contributed by atoms with Crippen molar-refractivity contribution in [2.75, 3.05) is 36.8 Å². The van der Waals surface area contributed by atoms with Gasteiger partial charge in [-0.3, -0.25) is 19.4 Å². The van der Waals surface area contributed by atoms with Crippen LogP contribution in [0.4, 0.5) is 11.8 Å². The van der Waals surface area contributed by atoms with Gasteiger partial charge in [-0.25, -0.2) is 4.98 Å². The maximum Gasteiger partial charge on any atom is 0.256 e. The van der Waals surface area contributed by atoms with Crippen LogP contribution in [0.25, 0.3) is 0 Å². The first-order chi connectivity index (χ1) is 16.0. The Hall–Kier alpha value is -3.82. The summed E-state index contributed by atoms with van der Waals surface area (Å²) in [7, 11) is 0. The van der Waals surface area contributed by atoms with E-state index in [0.717, 1.165) is 24.5 Å². The molecule has 33 heavy (non-hydrogen) atoms. The standard InChI is InChI=1S/C23H31N7O3/c1-3-10-25-21-19(22(33)26-11-5-6-18(31)15-28-20(32)4-2)16-29-23(30-21)27-14-9-17-7-12-24-13-8-17/h4,7-8,12-13,16H,2-3,5-6,9-11,14-15H2,1H3,(H,26,33)(H,28,32)(H2,25,27,29,30). The summed E-state index contributed by atoms with van der Waals surface area (Å²) in [6, 6.07) is 3.91. The Morgan fingerprint density at radius 1 is 1.06 bits per heavy atom. The molecule has 2 amide bonds. The molecule has 0 bridgehead atoms. The van der Waals surface area contributed by atoms with Crippen molar-refractivity contribution < 1.29 is 14.4 Å². The molecular weight excluding hydrogens is 422 g/mol. The van der Waals surface area contributed by atoms with Crippen molar-refractivity contribution >= 4 is 29.4 Å². The zero-order valence-corrected chi connectivity index (χ0v) is 18.9. The number of carbonyl (C=O) groups is 3. The van der Waals surface area contributed by atoms with Crippen molar-refractivity contribution in [2.45, 2.75) is 32.6 Å². The van der Waals surface area contributed by atoms with Crippen molar-refractivity contribution in [2.24, 2.45) is 0 Å². The molecule has 2 aromatic heterocycles. The smallest absolute Gasteiger partial charge is 0.256 e. The average molecular weight is 454 g/mol. The largest absolute Gasteiger partial charge is 0.369 e. The third-order valence-electron chi connectivity index (χ3n) is 4.59. The van der Waals surface area contributed by atoms with Crippen molar-refractivity contribution in [3.8, 4) is 0 Å². The number of pyridine rings is 1. The summed E-state index contributed by atoms with van der Waals surface area (Å²) in [4.78, 5) is 48.2. The number of rotatable bonds is 15. The van der Waals surface area contributed by atoms with Gasteiger partial charge in [0.1, 0.15) is 11.4 Å². The third kappa shape index (κ3) is 9.46. The van der Waals surface area contributed by atoms with Crippen LogP contribution in [0.15, 0.2) is 43.4 Å².